The van der Waals surface area contributed by atoms with Gasteiger partial charge < -0.3 is 5.11 Å². The van der Waals surface area contributed by atoms with E-state index in [1.807, 2.05) is 0 Å². The van der Waals surface area contributed by atoms with E-state index in [1.54, 1.807) is 0 Å². The van der Waals surface area contributed by atoms with Crippen LogP contribution < -0.4 is 0 Å². The van der Waals surface area contributed by atoms with Gasteiger partial charge in [0.1, 0.15) is 0 Å². The molecule has 2 aliphatic carbocycles. The first-order valence-electron chi connectivity index (χ1n) is 4.65. The van der Waals surface area contributed by atoms with E-state index in [4.69, 9.17) is 0 Å². The van der Waals surface area contributed by atoms with Crippen molar-refractivity contribution in [1.29, 1.82) is 0 Å². The maximum Gasteiger partial charge on any atom is 0.0579 e. The minimum Gasteiger partial charge on any atom is -0.393 e. The summed E-state index contributed by atoms with van der Waals surface area (Å²) in [6.45, 7) is 6.98. The third-order valence-corrected chi connectivity index (χ3v) is 4.61. The Labute approximate surface area is 68.8 Å². The SMILES string of the molecule is CC1(C)[C@@H]2CC[C@]1(C)C[C@@H]2O. The van der Waals surface area contributed by atoms with Crippen molar-refractivity contribution >= 4 is 0 Å². The molecular weight excluding hydrogens is 136 g/mol. The fourth-order valence-corrected chi connectivity index (χ4v) is 3.25. The molecule has 0 aliphatic heterocycles. The topological polar surface area (TPSA) is 20.2 Å². The summed E-state index contributed by atoms with van der Waals surface area (Å²) in [7, 11) is 0. The molecule has 0 amide bonds. The molecule has 1 N–H and O–H groups in total. The highest BCUT2D eigenvalue weighted by Gasteiger charge is 2.59. The predicted molar refractivity (Wildman–Crippen MR) is 45.2 cm³/mol. The van der Waals surface area contributed by atoms with Crippen LogP contribution in [0.2, 0.25) is 0 Å². The van der Waals surface area contributed by atoms with Crippen molar-refractivity contribution in [2.45, 2.75) is 46.1 Å². The van der Waals surface area contributed by atoms with Crippen LogP contribution in [0.1, 0.15) is 40.0 Å². The van der Waals surface area contributed by atoms with E-state index in [-0.39, 0.29) is 6.10 Å². The molecule has 0 radical (unpaired) electrons. The van der Waals surface area contributed by atoms with Gasteiger partial charge in [-0.05, 0) is 36.0 Å². The third kappa shape index (κ3) is 0.703. The largest absolute Gasteiger partial charge is 0.393 e. The first-order valence-corrected chi connectivity index (χ1v) is 4.65. The highest BCUT2D eigenvalue weighted by atomic mass is 16.3. The highest BCUT2D eigenvalue weighted by molar-refractivity contribution is 5.09. The van der Waals surface area contributed by atoms with Crippen LogP contribution in [-0.4, -0.2) is 11.2 Å². The molecule has 2 saturated carbocycles. The van der Waals surface area contributed by atoms with Gasteiger partial charge in [-0.3, -0.25) is 0 Å². The summed E-state index contributed by atoms with van der Waals surface area (Å²) in [5.74, 6) is 0.576. The van der Waals surface area contributed by atoms with Crippen LogP contribution in [-0.2, 0) is 0 Å². The summed E-state index contributed by atoms with van der Waals surface area (Å²) in [5.41, 5.74) is 0.809. The first kappa shape index (κ1) is 7.60. The van der Waals surface area contributed by atoms with Gasteiger partial charge in [-0.2, -0.15) is 0 Å². The Balaban J connectivity index is 2.37. The van der Waals surface area contributed by atoms with Crippen LogP contribution >= 0.6 is 0 Å². The van der Waals surface area contributed by atoms with Gasteiger partial charge >= 0.3 is 0 Å². The monoisotopic (exact) mass is 154 g/mol. The zero-order chi connectivity index (χ0) is 8.28. The van der Waals surface area contributed by atoms with E-state index in [1.165, 1.54) is 12.8 Å². The number of fused-ring (bicyclic) bond motifs is 2. The third-order valence-electron chi connectivity index (χ3n) is 4.61. The number of aliphatic hydroxyl groups excluding tert-OH is 1. The second kappa shape index (κ2) is 1.82. The van der Waals surface area contributed by atoms with Gasteiger partial charge in [0.05, 0.1) is 6.10 Å². The second-order valence-electron chi connectivity index (χ2n) is 5.20. The predicted octanol–water partition coefficient (Wildman–Crippen LogP) is 2.19. The Morgan fingerprint density at radius 2 is 1.91 bits per heavy atom. The molecule has 2 fully saturated rings. The van der Waals surface area contributed by atoms with Gasteiger partial charge in [-0.15, -0.1) is 0 Å². The van der Waals surface area contributed by atoms with Gasteiger partial charge in [0.25, 0.3) is 0 Å². The van der Waals surface area contributed by atoms with E-state index >= 15 is 0 Å². The lowest BCUT2D eigenvalue weighted by Gasteiger charge is -2.33. The molecule has 0 spiro atoms. The average Bonchev–Trinajstić information content (AvgIpc) is 2.13. The van der Waals surface area contributed by atoms with Crippen molar-refractivity contribution in [1.82, 2.24) is 0 Å². The van der Waals surface area contributed by atoms with Crippen molar-refractivity contribution in [3.05, 3.63) is 0 Å². The molecule has 64 valence electrons. The molecule has 11 heavy (non-hydrogen) atoms. The number of hydrogen-bond acceptors (Lipinski definition) is 1. The van der Waals surface area contributed by atoms with Crippen LogP contribution in [0.4, 0.5) is 0 Å². The molecule has 3 atom stereocenters. The Morgan fingerprint density at radius 1 is 1.27 bits per heavy atom. The minimum atomic E-state index is -0.0104. The van der Waals surface area contributed by atoms with Crippen LogP contribution in [0.15, 0.2) is 0 Å². The van der Waals surface area contributed by atoms with Crippen LogP contribution in [0.3, 0.4) is 0 Å². The lowest BCUT2D eigenvalue weighted by atomic mass is 9.71. The van der Waals surface area contributed by atoms with E-state index in [0.717, 1.165) is 6.42 Å². The Kier molecular flexibility index (Phi) is 1.26. The van der Waals surface area contributed by atoms with Crippen molar-refractivity contribution in [2.24, 2.45) is 16.7 Å². The minimum absolute atomic E-state index is 0.0104. The summed E-state index contributed by atoms with van der Waals surface area (Å²) in [5, 5.41) is 9.72. The Hall–Kier alpha value is -0.0400. The maximum atomic E-state index is 9.72. The van der Waals surface area contributed by atoms with Gasteiger partial charge in [-0.1, -0.05) is 20.8 Å². The molecular formula is C10H18O. The zero-order valence-corrected chi connectivity index (χ0v) is 7.72. The second-order valence-corrected chi connectivity index (χ2v) is 5.20. The Bertz CT molecular complexity index is 183. The van der Waals surface area contributed by atoms with Crippen molar-refractivity contribution in [3.8, 4) is 0 Å². The summed E-state index contributed by atoms with van der Waals surface area (Å²) >= 11 is 0. The summed E-state index contributed by atoms with van der Waals surface area (Å²) < 4.78 is 0. The van der Waals surface area contributed by atoms with Crippen LogP contribution in [0.5, 0.6) is 0 Å². The van der Waals surface area contributed by atoms with Crippen LogP contribution in [0.25, 0.3) is 0 Å². The standard InChI is InChI=1S/C10H18O/c1-9(2)7-4-5-10(9,3)6-8(7)11/h7-8,11H,4-6H2,1-3H3/t7-,8+,10-/m1/s1. The van der Waals surface area contributed by atoms with Crippen LogP contribution in [0, 0.1) is 16.7 Å². The summed E-state index contributed by atoms with van der Waals surface area (Å²) in [6.07, 6.45) is 3.58. The van der Waals surface area contributed by atoms with E-state index in [2.05, 4.69) is 20.8 Å². The molecule has 2 bridgehead atoms. The molecule has 2 aliphatic rings. The zero-order valence-electron chi connectivity index (χ0n) is 7.72. The molecule has 0 aromatic rings. The lowest BCUT2D eigenvalue weighted by Crippen LogP contribution is -2.26. The highest BCUT2D eigenvalue weighted by Crippen LogP contribution is 2.65. The summed E-state index contributed by atoms with van der Waals surface area (Å²) in [4.78, 5) is 0. The number of rotatable bonds is 0. The molecule has 0 unspecified atom stereocenters. The fourth-order valence-electron chi connectivity index (χ4n) is 3.25. The van der Waals surface area contributed by atoms with Gasteiger partial charge in [0, 0.05) is 0 Å². The van der Waals surface area contributed by atoms with Crippen molar-refractivity contribution < 1.29 is 5.11 Å². The normalized spacial score (nSPS) is 53.5. The molecule has 0 heterocycles. The molecule has 2 rings (SSSR count). The molecule has 1 nitrogen and oxygen atoms in total. The van der Waals surface area contributed by atoms with E-state index in [0.29, 0.717) is 16.7 Å². The van der Waals surface area contributed by atoms with Gasteiger partial charge in [-0.25, -0.2) is 0 Å². The number of hydrogen-bond donors (Lipinski definition) is 1. The average molecular weight is 154 g/mol. The molecule has 0 aromatic carbocycles. The van der Waals surface area contributed by atoms with E-state index in [9.17, 15) is 5.11 Å². The molecule has 0 aromatic heterocycles. The van der Waals surface area contributed by atoms with E-state index < -0.39 is 0 Å². The first-order chi connectivity index (χ1) is 4.97. The number of aliphatic hydroxyl groups is 1. The summed E-state index contributed by atoms with van der Waals surface area (Å²) in [6, 6.07) is 0. The Morgan fingerprint density at radius 3 is 2.09 bits per heavy atom. The van der Waals surface area contributed by atoms with Crippen molar-refractivity contribution in [2.75, 3.05) is 0 Å². The van der Waals surface area contributed by atoms with Gasteiger partial charge in [0.2, 0.25) is 0 Å². The lowest BCUT2D eigenvalue weighted by molar-refractivity contribution is 0.0941. The van der Waals surface area contributed by atoms with Crippen molar-refractivity contribution in [3.63, 3.8) is 0 Å². The molecule has 0 saturated heterocycles. The fraction of sp³-hybridized carbons (Fsp3) is 1.00. The van der Waals surface area contributed by atoms with Gasteiger partial charge in [0.15, 0.2) is 0 Å². The quantitative estimate of drug-likeness (QED) is 0.567. The smallest absolute Gasteiger partial charge is 0.0579 e. The maximum absolute atomic E-state index is 9.72. The molecule has 1 heteroatoms.